The Balaban J connectivity index is 2.40. The summed E-state index contributed by atoms with van der Waals surface area (Å²) in [7, 11) is 0. The number of ether oxygens (including phenoxy) is 1. The number of hydrogen-bond acceptors (Lipinski definition) is 3. The van der Waals surface area contributed by atoms with Crippen molar-refractivity contribution in [3.8, 4) is 5.75 Å². The van der Waals surface area contributed by atoms with Crippen molar-refractivity contribution >= 4 is 23.2 Å². The third-order valence-electron chi connectivity index (χ3n) is 2.92. The molecule has 1 unspecified atom stereocenters. The molecule has 0 saturated heterocycles. The highest BCUT2D eigenvalue weighted by atomic mass is 35.5. The monoisotopic (exact) mass is 299 g/mol. The van der Waals surface area contributed by atoms with Gasteiger partial charge in [-0.15, -0.1) is 0 Å². The lowest BCUT2D eigenvalue weighted by Crippen LogP contribution is -2.13. The summed E-state index contributed by atoms with van der Waals surface area (Å²) < 4.78 is 10.6. The Morgan fingerprint density at radius 3 is 2.58 bits per heavy atom. The van der Waals surface area contributed by atoms with Crippen LogP contribution in [-0.4, -0.2) is 6.61 Å². The van der Waals surface area contributed by atoms with E-state index in [4.69, 9.17) is 38.1 Å². The molecule has 0 amide bonds. The fourth-order valence-corrected chi connectivity index (χ4v) is 2.43. The average Bonchev–Trinajstić information content (AvgIpc) is 2.79. The highest BCUT2D eigenvalue weighted by molar-refractivity contribution is 6.34. The second kappa shape index (κ2) is 5.87. The summed E-state index contributed by atoms with van der Waals surface area (Å²) in [6, 6.07) is 4.89. The van der Waals surface area contributed by atoms with E-state index in [1.807, 2.05) is 19.9 Å². The number of aryl methyl sites for hydroxylation is 1. The molecule has 1 aromatic heterocycles. The first-order valence-corrected chi connectivity index (χ1v) is 6.71. The van der Waals surface area contributed by atoms with Crippen LogP contribution in [0, 0.1) is 6.92 Å². The molecule has 0 aliphatic heterocycles. The van der Waals surface area contributed by atoms with Crippen molar-refractivity contribution in [3.05, 3.63) is 51.4 Å². The molecule has 2 rings (SSSR count). The van der Waals surface area contributed by atoms with E-state index in [-0.39, 0.29) is 6.04 Å². The predicted molar refractivity (Wildman–Crippen MR) is 77.1 cm³/mol. The minimum Gasteiger partial charge on any atom is -0.492 e. The summed E-state index contributed by atoms with van der Waals surface area (Å²) in [6.07, 6.45) is 1.61. The average molecular weight is 300 g/mol. The van der Waals surface area contributed by atoms with E-state index in [2.05, 4.69) is 0 Å². The summed E-state index contributed by atoms with van der Waals surface area (Å²) in [5.74, 6) is 1.34. The van der Waals surface area contributed by atoms with Crippen molar-refractivity contribution in [1.29, 1.82) is 0 Å². The van der Waals surface area contributed by atoms with Gasteiger partial charge < -0.3 is 14.9 Å². The molecule has 0 radical (unpaired) electrons. The third kappa shape index (κ3) is 2.89. The lowest BCUT2D eigenvalue weighted by Gasteiger charge is -2.15. The van der Waals surface area contributed by atoms with Crippen LogP contribution in [0.4, 0.5) is 0 Å². The first-order chi connectivity index (χ1) is 9.04. The number of hydrogen-bond donors (Lipinski definition) is 1. The van der Waals surface area contributed by atoms with E-state index < -0.39 is 0 Å². The lowest BCUT2D eigenvalue weighted by molar-refractivity contribution is 0.340. The quantitative estimate of drug-likeness (QED) is 0.913. The molecule has 3 nitrogen and oxygen atoms in total. The standard InChI is InChI=1S/C14H15Cl2NO2/c1-3-18-13-7-11(15)10(6-12(13)16)14(17)9-4-5-19-8(9)2/h4-7,14H,3,17H2,1-2H3. The maximum absolute atomic E-state index is 6.25. The molecule has 102 valence electrons. The van der Waals surface area contributed by atoms with Gasteiger partial charge in [-0.05, 0) is 31.5 Å². The van der Waals surface area contributed by atoms with E-state index in [1.165, 1.54) is 0 Å². The summed E-state index contributed by atoms with van der Waals surface area (Å²) in [4.78, 5) is 0. The van der Waals surface area contributed by atoms with Crippen molar-refractivity contribution < 1.29 is 9.15 Å². The fraction of sp³-hybridized carbons (Fsp3) is 0.286. The molecule has 2 N–H and O–H groups in total. The van der Waals surface area contributed by atoms with Crippen LogP contribution in [0.15, 0.2) is 28.9 Å². The van der Waals surface area contributed by atoms with Crippen LogP contribution >= 0.6 is 23.2 Å². The van der Waals surface area contributed by atoms with Crippen molar-refractivity contribution in [3.63, 3.8) is 0 Å². The Labute approximate surface area is 122 Å². The number of benzene rings is 1. The number of furan rings is 1. The normalized spacial score (nSPS) is 12.5. The van der Waals surface area contributed by atoms with Crippen molar-refractivity contribution in [2.45, 2.75) is 19.9 Å². The van der Waals surface area contributed by atoms with Gasteiger partial charge in [0.15, 0.2) is 0 Å². The van der Waals surface area contributed by atoms with Crippen LogP contribution in [0.5, 0.6) is 5.75 Å². The van der Waals surface area contributed by atoms with E-state index >= 15 is 0 Å². The Morgan fingerprint density at radius 1 is 1.26 bits per heavy atom. The molecule has 0 spiro atoms. The van der Waals surface area contributed by atoms with Crippen LogP contribution < -0.4 is 10.5 Å². The zero-order chi connectivity index (χ0) is 14.0. The molecule has 0 saturated carbocycles. The first-order valence-electron chi connectivity index (χ1n) is 5.96. The van der Waals surface area contributed by atoms with E-state index in [1.54, 1.807) is 18.4 Å². The van der Waals surface area contributed by atoms with E-state index in [0.717, 1.165) is 16.9 Å². The number of nitrogens with two attached hydrogens (primary N) is 1. The van der Waals surface area contributed by atoms with Crippen LogP contribution in [0.1, 0.15) is 29.9 Å². The Bertz CT molecular complexity index is 581. The number of halogens is 2. The Kier molecular flexibility index (Phi) is 4.40. The molecule has 5 heteroatoms. The van der Waals surface area contributed by atoms with Crippen molar-refractivity contribution in [1.82, 2.24) is 0 Å². The molecule has 0 bridgehead atoms. The minimum atomic E-state index is -0.376. The molecular formula is C14H15Cl2NO2. The second-order valence-electron chi connectivity index (χ2n) is 4.15. The van der Waals surface area contributed by atoms with Gasteiger partial charge in [-0.3, -0.25) is 0 Å². The van der Waals surface area contributed by atoms with Gasteiger partial charge in [-0.1, -0.05) is 23.2 Å². The molecule has 0 aliphatic carbocycles. The minimum absolute atomic E-state index is 0.376. The van der Waals surface area contributed by atoms with Gasteiger partial charge in [0.05, 0.1) is 23.9 Å². The molecule has 2 aromatic rings. The predicted octanol–water partition coefficient (Wildman–Crippen LogP) is 4.34. The van der Waals surface area contributed by atoms with Gasteiger partial charge in [-0.2, -0.15) is 0 Å². The van der Waals surface area contributed by atoms with Crippen LogP contribution in [0.25, 0.3) is 0 Å². The lowest BCUT2D eigenvalue weighted by atomic mass is 10.00. The maximum atomic E-state index is 6.25. The van der Waals surface area contributed by atoms with E-state index in [0.29, 0.717) is 22.4 Å². The molecular weight excluding hydrogens is 285 g/mol. The van der Waals surface area contributed by atoms with Crippen LogP contribution in [0.3, 0.4) is 0 Å². The van der Waals surface area contributed by atoms with Crippen LogP contribution in [0.2, 0.25) is 10.0 Å². The smallest absolute Gasteiger partial charge is 0.139 e. The Hall–Kier alpha value is -1.16. The molecule has 0 fully saturated rings. The van der Waals surface area contributed by atoms with Gasteiger partial charge >= 0.3 is 0 Å². The summed E-state index contributed by atoms with van der Waals surface area (Å²) in [6.45, 7) is 4.28. The zero-order valence-corrected chi connectivity index (χ0v) is 12.3. The highest BCUT2D eigenvalue weighted by Gasteiger charge is 2.18. The Morgan fingerprint density at radius 2 is 2.00 bits per heavy atom. The van der Waals surface area contributed by atoms with Crippen LogP contribution in [-0.2, 0) is 0 Å². The molecule has 1 aromatic carbocycles. The van der Waals surface area contributed by atoms with E-state index in [9.17, 15) is 0 Å². The third-order valence-corrected chi connectivity index (χ3v) is 3.54. The second-order valence-corrected chi connectivity index (χ2v) is 4.96. The molecule has 1 heterocycles. The van der Waals surface area contributed by atoms with Crippen molar-refractivity contribution in [2.24, 2.45) is 5.73 Å². The summed E-state index contributed by atoms with van der Waals surface area (Å²) >= 11 is 12.4. The van der Waals surface area contributed by atoms with Gasteiger partial charge in [0.25, 0.3) is 0 Å². The molecule has 1 atom stereocenters. The SMILES string of the molecule is CCOc1cc(Cl)c(C(N)c2ccoc2C)cc1Cl. The topological polar surface area (TPSA) is 48.4 Å². The number of rotatable bonds is 4. The highest BCUT2D eigenvalue weighted by Crippen LogP contribution is 2.36. The molecule has 0 aliphatic rings. The maximum Gasteiger partial charge on any atom is 0.139 e. The molecule has 19 heavy (non-hydrogen) atoms. The van der Waals surface area contributed by atoms with Crippen molar-refractivity contribution in [2.75, 3.05) is 6.61 Å². The van der Waals surface area contributed by atoms with Gasteiger partial charge in [0.2, 0.25) is 0 Å². The summed E-state index contributed by atoms with van der Waals surface area (Å²) in [5.41, 5.74) is 7.85. The fourth-order valence-electron chi connectivity index (χ4n) is 1.93. The van der Waals surface area contributed by atoms with Gasteiger partial charge in [0, 0.05) is 16.7 Å². The summed E-state index contributed by atoms with van der Waals surface area (Å²) in [5, 5.41) is 1.03. The largest absolute Gasteiger partial charge is 0.492 e. The zero-order valence-electron chi connectivity index (χ0n) is 10.7. The first kappa shape index (κ1) is 14.3. The van der Waals surface area contributed by atoms with Gasteiger partial charge in [-0.25, -0.2) is 0 Å². The van der Waals surface area contributed by atoms with Gasteiger partial charge in [0.1, 0.15) is 11.5 Å².